The Kier molecular flexibility index (Phi) is 7.97. The van der Waals surface area contributed by atoms with Crippen LogP contribution in [0.5, 0.6) is 17.2 Å². The second kappa shape index (κ2) is 11.2. The normalized spacial score (nSPS) is 16.6. The molecule has 3 aromatic rings. The zero-order valence-electron chi connectivity index (χ0n) is 22.0. The van der Waals surface area contributed by atoms with Gasteiger partial charge >= 0.3 is 0 Å². The molecular formula is C30H30ClNO6. The van der Waals surface area contributed by atoms with Crippen LogP contribution in [0, 0.1) is 13.8 Å². The van der Waals surface area contributed by atoms with E-state index in [2.05, 4.69) is 0 Å². The summed E-state index contributed by atoms with van der Waals surface area (Å²) in [4.78, 5) is 28.5. The van der Waals surface area contributed by atoms with E-state index in [9.17, 15) is 14.7 Å². The summed E-state index contributed by atoms with van der Waals surface area (Å²) >= 11 is 6.45. The number of anilines is 1. The molecule has 0 saturated carbocycles. The molecule has 0 spiro atoms. The molecule has 0 bridgehead atoms. The number of hydrogen-bond acceptors (Lipinski definition) is 6. The molecule has 1 aliphatic rings. The minimum atomic E-state index is -0.950. The standard InChI is InChI=1S/C30H30ClNO6/c1-6-37-21-11-12-23(31)22(16-21)28(33)26-27(19-9-13-24(36-5)25(15-19)38-7-2)32(30(35)29(26)34)20-10-8-17(3)18(4)14-20/h8-16,27,33H,6-7H2,1-5H3/b28-26+. The number of nitrogens with zero attached hydrogens (tertiary/aromatic N) is 1. The first-order valence-electron chi connectivity index (χ1n) is 12.3. The molecule has 1 amide bonds. The van der Waals surface area contributed by atoms with Gasteiger partial charge in [-0.1, -0.05) is 23.7 Å². The van der Waals surface area contributed by atoms with Crippen LogP contribution in [0.4, 0.5) is 5.69 Å². The molecule has 0 aliphatic carbocycles. The Morgan fingerprint density at radius 2 is 1.66 bits per heavy atom. The Morgan fingerprint density at radius 1 is 0.921 bits per heavy atom. The summed E-state index contributed by atoms with van der Waals surface area (Å²) in [6.45, 7) is 8.38. The summed E-state index contributed by atoms with van der Waals surface area (Å²) in [5, 5.41) is 11.7. The highest BCUT2D eigenvalue weighted by Crippen LogP contribution is 2.45. The maximum Gasteiger partial charge on any atom is 0.300 e. The molecule has 0 radical (unpaired) electrons. The Morgan fingerprint density at radius 3 is 2.32 bits per heavy atom. The first kappa shape index (κ1) is 27.1. The molecule has 1 unspecified atom stereocenters. The second-order valence-corrected chi connectivity index (χ2v) is 9.26. The Hall–Kier alpha value is -3.97. The fourth-order valence-electron chi connectivity index (χ4n) is 4.51. The highest BCUT2D eigenvalue weighted by Gasteiger charge is 2.47. The lowest BCUT2D eigenvalue weighted by atomic mass is 9.94. The highest BCUT2D eigenvalue weighted by molar-refractivity contribution is 6.52. The van der Waals surface area contributed by atoms with Crippen LogP contribution < -0.4 is 19.1 Å². The molecule has 1 aliphatic heterocycles. The molecular weight excluding hydrogens is 506 g/mol. The Bertz CT molecular complexity index is 1430. The van der Waals surface area contributed by atoms with Gasteiger partial charge < -0.3 is 19.3 Å². The number of carbonyl (C=O) groups excluding carboxylic acids is 2. The van der Waals surface area contributed by atoms with Gasteiger partial charge in [0.25, 0.3) is 11.7 Å². The summed E-state index contributed by atoms with van der Waals surface area (Å²) in [6, 6.07) is 14.6. The SMILES string of the molecule is CCOc1ccc(Cl)c(/C(O)=C2\C(=O)C(=O)N(c3ccc(C)c(C)c3)C2c2ccc(OC)c(OCC)c2)c1. The van der Waals surface area contributed by atoms with Crippen molar-refractivity contribution in [3.8, 4) is 17.2 Å². The van der Waals surface area contributed by atoms with Gasteiger partial charge in [0.05, 0.1) is 37.0 Å². The smallest absolute Gasteiger partial charge is 0.300 e. The number of aliphatic hydroxyl groups is 1. The highest BCUT2D eigenvalue weighted by atomic mass is 35.5. The summed E-state index contributed by atoms with van der Waals surface area (Å²) in [7, 11) is 1.53. The van der Waals surface area contributed by atoms with Crippen molar-refractivity contribution in [3.05, 3.63) is 87.4 Å². The molecule has 7 nitrogen and oxygen atoms in total. The number of aliphatic hydroxyl groups excluding tert-OH is 1. The van der Waals surface area contributed by atoms with Crippen molar-refractivity contribution in [3.63, 3.8) is 0 Å². The van der Waals surface area contributed by atoms with E-state index in [4.69, 9.17) is 25.8 Å². The number of amides is 1. The lowest BCUT2D eigenvalue weighted by Crippen LogP contribution is -2.29. The van der Waals surface area contributed by atoms with E-state index in [1.165, 1.54) is 12.0 Å². The molecule has 1 heterocycles. The van der Waals surface area contributed by atoms with Crippen molar-refractivity contribution in [1.82, 2.24) is 0 Å². The van der Waals surface area contributed by atoms with E-state index in [0.29, 0.717) is 41.7 Å². The summed E-state index contributed by atoms with van der Waals surface area (Å²) in [6.07, 6.45) is 0. The van der Waals surface area contributed by atoms with Gasteiger partial charge in [-0.15, -0.1) is 0 Å². The maximum absolute atomic E-state index is 13.6. The molecule has 38 heavy (non-hydrogen) atoms. The number of methoxy groups -OCH3 is 1. The fourth-order valence-corrected chi connectivity index (χ4v) is 4.72. The van der Waals surface area contributed by atoms with E-state index in [1.54, 1.807) is 42.5 Å². The molecule has 1 atom stereocenters. The average molecular weight is 536 g/mol. The zero-order valence-corrected chi connectivity index (χ0v) is 22.8. The quantitative estimate of drug-likeness (QED) is 0.204. The van der Waals surface area contributed by atoms with Crippen LogP contribution in [0.15, 0.2) is 60.2 Å². The van der Waals surface area contributed by atoms with Crippen molar-refractivity contribution in [2.45, 2.75) is 33.7 Å². The summed E-state index contributed by atoms with van der Waals surface area (Å²) < 4.78 is 16.8. The van der Waals surface area contributed by atoms with Crippen LogP contribution in [0.3, 0.4) is 0 Å². The summed E-state index contributed by atoms with van der Waals surface area (Å²) in [5.74, 6) is -0.537. The molecule has 0 aromatic heterocycles. The maximum atomic E-state index is 13.6. The third-order valence-corrected chi connectivity index (χ3v) is 6.85. The number of ketones is 1. The van der Waals surface area contributed by atoms with E-state index in [-0.39, 0.29) is 21.9 Å². The number of carbonyl (C=O) groups is 2. The van der Waals surface area contributed by atoms with Gasteiger partial charge in [0, 0.05) is 11.3 Å². The van der Waals surface area contributed by atoms with Crippen LogP contribution in [-0.4, -0.2) is 37.1 Å². The van der Waals surface area contributed by atoms with E-state index < -0.39 is 17.7 Å². The van der Waals surface area contributed by atoms with Crippen LogP contribution >= 0.6 is 11.6 Å². The molecule has 198 valence electrons. The largest absolute Gasteiger partial charge is 0.507 e. The Balaban J connectivity index is 1.99. The molecule has 3 aromatic carbocycles. The van der Waals surface area contributed by atoms with Crippen LogP contribution in [0.25, 0.3) is 5.76 Å². The minimum Gasteiger partial charge on any atom is -0.507 e. The van der Waals surface area contributed by atoms with Crippen molar-refractivity contribution in [2.75, 3.05) is 25.2 Å². The predicted molar refractivity (Wildman–Crippen MR) is 147 cm³/mol. The Labute approximate surface area is 227 Å². The number of Topliss-reactive ketones (excluding diaryl/α,β-unsaturated/α-hetero) is 1. The monoisotopic (exact) mass is 535 g/mol. The fraction of sp³-hybridized carbons (Fsp3) is 0.267. The van der Waals surface area contributed by atoms with E-state index >= 15 is 0 Å². The first-order chi connectivity index (χ1) is 18.2. The number of halogens is 1. The van der Waals surface area contributed by atoms with Crippen molar-refractivity contribution in [2.24, 2.45) is 0 Å². The predicted octanol–water partition coefficient (Wildman–Crippen LogP) is 6.39. The van der Waals surface area contributed by atoms with Crippen molar-refractivity contribution < 1.29 is 28.9 Å². The lowest BCUT2D eigenvalue weighted by Gasteiger charge is -2.26. The zero-order chi connectivity index (χ0) is 27.6. The molecule has 8 heteroatoms. The molecule has 1 N–H and O–H groups in total. The van der Waals surface area contributed by atoms with Crippen LogP contribution in [0.2, 0.25) is 5.02 Å². The van der Waals surface area contributed by atoms with Gasteiger partial charge in [-0.05, 0) is 86.8 Å². The number of hydrogen-bond donors (Lipinski definition) is 1. The van der Waals surface area contributed by atoms with Gasteiger partial charge in [0.2, 0.25) is 0 Å². The third kappa shape index (κ3) is 4.94. The van der Waals surface area contributed by atoms with Crippen molar-refractivity contribution in [1.29, 1.82) is 0 Å². The second-order valence-electron chi connectivity index (χ2n) is 8.86. The van der Waals surface area contributed by atoms with Gasteiger partial charge in [-0.2, -0.15) is 0 Å². The van der Waals surface area contributed by atoms with Gasteiger partial charge in [0.1, 0.15) is 11.5 Å². The van der Waals surface area contributed by atoms with Gasteiger partial charge in [-0.3, -0.25) is 14.5 Å². The first-order valence-corrected chi connectivity index (χ1v) is 12.7. The molecule has 1 saturated heterocycles. The summed E-state index contributed by atoms with van der Waals surface area (Å²) in [5.41, 5.74) is 3.20. The topological polar surface area (TPSA) is 85.3 Å². The minimum absolute atomic E-state index is 0.0867. The van der Waals surface area contributed by atoms with Crippen LogP contribution in [0.1, 0.15) is 42.1 Å². The number of benzene rings is 3. The number of ether oxygens (including phenoxy) is 3. The van der Waals surface area contributed by atoms with E-state index in [1.807, 2.05) is 39.8 Å². The van der Waals surface area contributed by atoms with Gasteiger partial charge in [-0.25, -0.2) is 0 Å². The average Bonchev–Trinajstić information content (AvgIpc) is 3.17. The van der Waals surface area contributed by atoms with Gasteiger partial charge in [0.15, 0.2) is 11.5 Å². The van der Waals surface area contributed by atoms with Crippen LogP contribution in [-0.2, 0) is 9.59 Å². The number of rotatable bonds is 8. The third-order valence-electron chi connectivity index (χ3n) is 6.52. The molecule has 1 fully saturated rings. The number of aryl methyl sites for hydroxylation is 2. The molecule has 4 rings (SSSR count). The van der Waals surface area contributed by atoms with E-state index in [0.717, 1.165) is 11.1 Å². The lowest BCUT2D eigenvalue weighted by molar-refractivity contribution is -0.132. The van der Waals surface area contributed by atoms with Crippen molar-refractivity contribution >= 4 is 34.7 Å².